The molecule has 1 aromatic rings. The molecular formula is C13H17NO. The zero-order valence-electron chi connectivity index (χ0n) is 9.03. The third-order valence-corrected chi connectivity index (χ3v) is 4.00. The second-order valence-corrected chi connectivity index (χ2v) is 4.90. The van der Waals surface area contributed by atoms with Crippen molar-refractivity contribution >= 4 is 0 Å². The Balaban J connectivity index is 2.10. The highest BCUT2D eigenvalue weighted by Gasteiger charge is 2.38. The van der Waals surface area contributed by atoms with Gasteiger partial charge in [-0.3, -0.25) is 0 Å². The van der Waals surface area contributed by atoms with Gasteiger partial charge in [0.25, 0.3) is 0 Å². The summed E-state index contributed by atoms with van der Waals surface area (Å²) in [5, 5.41) is 13.4. The van der Waals surface area contributed by atoms with Gasteiger partial charge in [0.1, 0.15) is 5.75 Å². The molecule has 0 spiro atoms. The summed E-state index contributed by atoms with van der Waals surface area (Å²) in [4.78, 5) is 0. The second kappa shape index (κ2) is 3.24. The fourth-order valence-corrected chi connectivity index (χ4v) is 3.27. The van der Waals surface area contributed by atoms with Crippen LogP contribution in [-0.4, -0.2) is 17.7 Å². The molecule has 0 amide bonds. The van der Waals surface area contributed by atoms with Gasteiger partial charge in [-0.25, -0.2) is 0 Å². The van der Waals surface area contributed by atoms with Gasteiger partial charge in [-0.2, -0.15) is 0 Å². The van der Waals surface area contributed by atoms with Crippen molar-refractivity contribution < 1.29 is 5.11 Å². The minimum atomic E-state index is 0.491. The maximum Gasteiger partial charge on any atom is 0.119 e. The molecule has 15 heavy (non-hydrogen) atoms. The summed E-state index contributed by atoms with van der Waals surface area (Å²) in [6.45, 7) is 3.42. The van der Waals surface area contributed by atoms with Gasteiger partial charge in [-0.15, -0.1) is 0 Å². The molecule has 1 heterocycles. The summed E-state index contributed by atoms with van der Waals surface area (Å²) < 4.78 is 0. The number of benzene rings is 1. The van der Waals surface area contributed by atoms with E-state index in [-0.39, 0.29) is 0 Å². The molecule has 3 atom stereocenters. The highest BCUT2D eigenvalue weighted by Crippen LogP contribution is 2.42. The predicted octanol–water partition coefficient (Wildman–Crippen LogP) is 2.03. The van der Waals surface area contributed by atoms with Gasteiger partial charge in [0.05, 0.1) is 0 Å². The van der Waals surface area contributed by atoms with Crippen molar-refractivity contribution in [2.24, 2.45) is 5.92 Å². The molecule has 0 aromatic heterocycles. The number of hydrogen-bond donors (Lipinski definition) is 2. The fraction of sp³-hybridized carbons (Fsp3) is 0.538. The minimum Gasteiger partial charge on any atom is -0.508 e. The normalized spacial score (nSPS) is 33.5. The summed E-state index contributed by atoms with van der Waals surface area (Å²) in [5.41, 5.74) is 2.57. The van der Waals surface area contributed by atoms with Gasteiger partial charge < -0.3 is 10.4 Å². The van der Waals surface area contributed by atoms with E-state index in [1.54, 1.807) is 0 Å². The van der Waals surface area contributed by atoms with Crippen LogP contribution in [-0.2, 0) is 6.42 Å². The molecule has 1 aliphatic carbocycles. The first kappa shape index (κ1) is 9.22. The van der Waals surface area contributed by atoms with Crippen LogP contribution in [0, 0.1) is 5.92 Å². The third kappa shape index (κ3) is 1.28. The van der Waals surface area contributed by atoms with Gasteiger partial charge in [-0.1, -0.05) is 19.1 Å². The topological polar surface area (TPSA) is 32.3 Å². The fourth-order valence-electron chi connectivity index (χ4n) is 3.27. The maximum absolute atomic E-state index is 9.84. The van der Waals surface area contributed by atoms with E-state index in [0.717, 1.165) is 13.0 Å². The van der Waals surface area contributed by atoms with Crippen molar-refractivity contribution in [3.8, 4) is 5.75 Å². The van der Waals surface area contributed by atoms with Crippen molar-refractivity contribution in [3.63, 3.8) is 0 Å². The molecule has 0 unspecified atom stereocenters. The van der Waals surface area contributed by atoms with E-state index >= 15 is 0 Å². The molecule has 0 bridgehead atoms. The van der Waals surface area contributed by atoms with E-state index in [2.05, 4.69) is 18.3 Å². The maximum atomic E-state index is 9.84. The molecule has 0 saturated carbocycles. The summed E-state index contributed by atoms with van der Waals surface area (Å²) in [6.07, 6.45) is 2.18. The first-order valence-corrected chi connectivity index (χ1v) is 5.81. The smallest absolute Gasteiger partial charge is 0.119 e. The Kier molecular flexibility index (Phi) is 1.99. The van der Waals surface area contributed by atoms with Crippen LogP contribution in [0.4, 0.5) is 0 Å². The van der Waals surface area contributed by atoms with Crippen LogP contribution in [0.2, 0.25) is 0 Å². The molecule has 1 aromatic carbocycles. The monoisotopic (exact) mass is 203 g/mol. The third-order valence-electron chi connectivity index (χ3n) is 4.00. The number of fused-ring (bicyclic) bond motifs is 3. The van der Waals surface area contributed by atoms with Crippen molar-refractivity contribution in [1.29, 1.82) is 0 Å². The zero-order chi connectivity index (χ0) is 10.4. The van der Waals surface area contributed by atoms with Crippen LogP contribution in [0.25, 0.3) is 0 Å². The number of rotatable bonds is 0. The second-order valence-electron chi connectivity index (χ2n) is 4.90. The quantitative estimate of drug-likeness (QED) is 0.676. The number of nitrogens with one attached hydrogen (secondary N) is 1. The molecule has 1 saturated heterocycles. The number of hydrogen-bond acceptors (Lipinski definition) is 2. The molecule has 2 N–H and O–H groups in total. The average Bonchev–Trinajstić information content (AvgIpc) is 2.61. The Hall–Kier alpha value is -1.02. The Bertz CT molecular complexity index is 388. The molecule has 1 fully saturated rings. The number of aromatic hydroxyl groups is 1. The van der Waals surface area contributed by atoms with Crippen molar-refractivity contribution in [2.45, 2.75) is 31.7 Å². The van der Waals surface area contributed by atoms with Gasteiger partial charge in [0.2, 0.25) is 0 Å². The molecule has 3 rings (SSSR count). The van der Waals surface area contributed by atoms with Gasteiger partial charge in [0, 0.05) is 12.0 Å². The van der Waals surface area contributed by atoms with E-state index in [9.17, 15) is 5.11 Å². The molecule has 2 aliphatic rings. The number of phenols is 1. The lowest BCUT2D eigenvalue weighted by Gasteiger charge is -2.30. The van der Waals surface area contributed by atoms with Crippen molar-refractivity contribution in [2.75, 3.05) is 6.54 Å². The van der Waals surface area contributed by atoms with Crippen LogP contribution in [0.1, 0.15) is 30.4 Å². The molecular weight excluding hydrogens is 186 g/mol. The van der Waals surface area contributed by atoms with E-state index in [4.69, 9.17) is 0 Å². The Morgan fingerprint density at radius 1 is 1.40 bits per heavy atom. The lowest BCUT2D eigenvalue weighted by Crippen LogP contribution is -2.30. The minimum absolute atomic E-state index is 0.491. The molecule has 2 heteroatoms. The molecule has 1 aliphatic heterocycles. The van der Waals surface area contributed by atoms with Crippen molar-refractivity contribution in [3.05, 3.63) is 29.3 Å². The van der Waals surface area contributed by atoms with E-state index < -0.39 is 0 Å². The van der Waals surface area contributed by atoms with E-state index in [1.807, 2.05) is 12.1 Å². The van der Waals surface area contributed by atoms with Crippen LogP contribution in [0.15, 0.2) is 18.2 Å². The summed E-state index contributed by atoms with van der Waals surface area (Å²) in [6, 6.07) is 6.61. The lowest BCUT2D eigenvalue weighted by atomic mass is 9.76. The standard InChI is InChI=1S/C13H17NO/c1-8-7-14-11-6-5-9-10(13(8)11)3-2-4-12(9)15/h2-4,8,11,13-15H,5-7H2,1H3/t8-,11+,13-/m0/s1. The summed E-state index contributed by atoms with van der Waals surface area (Å²) >= 11 is 0. The largest absolute Gasteiger partial charge is 0.508 e. The summed E-state index contributed by atoms with van der Waals surface area (Å²) in [7, 11) is 0. The Morgan fingerprint density at radius 3 is 3.13 bits per heavy atom. The van der Waals surface area contributed by atoms with Crippen molar-refractivity contribution in [1.82, 2.24) is 5.32 Å². The lowest BCUT2D eigenvalue weighted by molar-refractivity contribution is 0.419. The van der Waals surface area contributed by atoms with E-state index in [1.165, 1.54) is 17.5 Å². The van der Waals surface area contributed by atoms with Crippen LogP contribution >= 0.6 is 0 Å². The highest BCUT2D eigenvalue weighted by molar-refractivity contribution is 5.44. The van der Waals surface area contributed by atoms with Gasteiger partial charge >= 0.3 is 0 Å². The Labute approximate surface area is 90.3 Å². The van der Waals surface area contributed by atoms with Gasteiger partial charge in [0.15, 0.2) is 0 Å². The Morgan fingerprint density at radius 2 is 2.27 bits per heavy atom. The van der Waals surface area contributed by atoms with Crippen LogP contribution < -0.4 is 5.32 Å². The highest BCUT2D eigenvalue weighted by atomic mass is 16.3. The predicted molar refractivity (Wildman–Crippen MR) is 60.1 cm³/mol. The van der Waals surface area contributed by atoms with Crippen LogP contribution in [0.3, 0.4) is 0 Å². The molecule has 2 nitrogen and oxygen atoms in total. The van der Waals surface area contributed by atoms with E-state index in [0.29, 0.717) is 23.6 Å². The van der Waals surface area contributed by atoms with Crippen LogP contribution in [0.5, 0.6) is 5.75 Å². The molecule has 0 radical (unpaired) electrons. The average molecular weight is 203 g/mol. The first-order chi connectivity index (χ1) is 7.27. The summed E-state index contributed by atoms with van der Waals surface area (Å²) in [5.74, 6) is 1.79. The SMILES string of the molecule is C[C@H]1CN[C@@H]2CCc3c(O)cccc3[C@H]12. The molecule has 80 valence electrons. The van der Waals surface area contributed by atoms with Gasteiger partial charge in [-0.05, 0) is 42.5 Å². The zero-order valence-corrected chi connectivity index (χ0v) is 9.03. The first-order valence-electron chi connectivity index (χ1n) is 5.81. The number of phenolic OH excluding ortho intramolecular Hbond substituents is 1.